The molecule has 2 fully saturated rings. The van der Waals surface area contributed by atoms with Crippen molar-refractivity contribution in [2.75, 3.05) is 32.7 Å². The van der Waals surface area contributed by atoms with Crippen molar-refractivity contribution in [3.05, 3.63) is 76.5 Å². The lowest BCUT2D eigenvalue weighted by atomic mass is 9.86. The van der Waals surface area contributed by atoms with Crippen LogP contribution in [0.2, 0.25) is 5.02 Å². The highest BCUT2D eigenvalue weighted by molar-refractivity contribution is 6.31. The fourth-order valence-electron chi connectivity index (χ4n) is 5.82. The van der Waals surface area contributed by atoms with Gasteiger partial charge in [0.15, 0.2) is 0 Å². The number of aliphatic hydroxyl groups excluding tert-OH is 2. The van der Waals surface area contributed by atoms with Gasteiger partial charge in [-0.25, -0.2) is 8.78 Å². The molecule has 0 aliphatic carbocycles. The summed E-state index contributed by atoms with van der Waals surface area (Å²) < 4.78 is 26.7. The van der Waals surface area contributed by atoms with Crippen LogP contribution < -0.4 is 0 Å². The molecule has 3 atom stereocenters. The number of hydrogen-bond donors (Lipinski definition) is 3. The van der Waals surface area contributed by atoms with E-state index in [9.17, 15) is 23.8 Å². The van der Waals surface area contributed by atoms with E-state index in [4.69, 9.17) is 11.6 Å². The van der Waals surface area contributed by atoms with E-state index in [1.807, 2.05) is 24.4 Å². The van der Waals surface area contributed by atoms with Gasteiger partial charge in [0.05, 0.1) is 12.2 Å². The standard InChI is InChI=1S/C29H32ClF2N3O3/c30-20-2-3-23-25(15-33-26(23)13-20)24-7-8-34(17-28(24)37)16-27(36)19-5-9-35(10-6-19)29(38)4-1-18-11-21(31)14-22(32)12-18/h1-4,11-15,19,24,27-28,33,36-37H,5-10,16-17H2/b4-1+. The van der Waals surface area contributed by atoms with Crippen LogP contribution in [0.4, 0.5) is 8.78 Å². The molecule has 0 bridgehead atoms. The van der Waals surface area contributed by atoms with Gasteiger partial charge in [0.1, 0.15) is 11.6 Å². The molecule has 3 aromatic rings. The third-order valence-corrected chi connectivity index (χ3v) is 8.12. The molecule has 2 aliphatic rings. The van der Waals surface area contributed by atoms with E-state index in [2.05, 4.69) is 9.88 Å². The minimum absolute atomic E-state index is 0.0181. The van der Waals surface area contributed by atoms with Crippen molar-refractivity contribution in [2.45, 2.75) is 37.4 Å². The van der Waals surface area contributed by atoms with E-state index in [-0.39, 0.29) is 17.7 Å². The molecule has 2 aliphatic heterocycles. The van der Waals surface area contributed by atoms with Crippen molar-refractivity contribution in [1.29, 1.82) is 0 Å². The largest absolute Gasteiger partial charge is 0.392 e. The highest BCUT2D eigenvalue weighted by Crippen LogP contribution is 2.34. The maximum Gasteiger partial charge on any atom is 0.246 e. The lowest BCUT2D eigenvalue weighted by Gasteiger charge is -2.39. The third kappa shape index (κ3) is 6.10. The topological polar surface area (TPSA) is 79.8 Å². The molecule has 0 radical (unpaired) electrons. The SMILES string of the molecule is O=C(/C=C/c1cc(F)cc(F)c1)N1CCC(C(O)CN2CCC(c3c[nH]c4cc(Cl)ccc34)C(O)C2)CC1. The van der Waals surface area contributed by atoms with Crippen LogP contribution in [-0.2, 0) is 4.79 Å². The number of halogens is 3. The number of piperidine rings is 2. The summed E-state index contributed by atoms with van der Waals surface area (Å²) in [6, 6.07) is 8.87. The second kappa shape index (κ2) is 11.5. The van der Waals surface area contributed by atoms with Crippen LogP contribution in [-0.4, -0.2) is 75.8 Å². The normalized spacial score (nSPS) is 22.4. The lowest BCUT2D eigenvalue weighted by molar-refractivity contribution is -0.128. The molecule has 38 heavy (non-hydrogen) atoms. The van der Waals surface area contributed by atoms with Gasteiger partial charge in [-0.1, -0.05) is 17.7 Å². The molecule has 202 valence electrons. The number of H-pyrrole nitrogens is 1. The van der Waals surface area contributed by atoms with Gasteiger partial charge in [0, 0.05) is 66.4 Å². The van der Waals surface area contributed by atoms with Gasteiger partial charge in [-0.2, -0.15) is 0 Å². The molecule has 1 amide bonds. The molecule has 0 saturated carbocycles. The van der Waals surface area contributed by atoms with Gasteiger partial charge in [-0.3, -0.25) is 9.69 Å². The van der Waals surface area contributed by atoms with E-state index < -0.39 is 23.8 Å². The number of benzene rings is 2. The summed E-state index contributed by atoms with van der Waals surface area (Å²) in [4.78, 5) is 19.6. The van der Waals surface area contributed by atoms with Crippen molar-refractivity contribution in [3.8, 4) is 0 Å². The van der Waals surface area contributed by atoms with Gasteiger partial charge in [0.25, 0.3) is 0 Å². The summed E-state index contributed by atoms with van der Waals surface area (Å²) in [5.74, 6) is -1.51. The fraction of sp³-hybridized carbons (Fsp3) is 0.414. The monoisotopic (exact) mass is 543 g/mol. The second-order valence-corrected chi connectivity index (χ2v) is 10.9. The molecular weight excluding hydrogens is 512 g/mol. The fourth-order valence-corrected chi connectivity index (χ4v) is 5.99. The zero-order valence-corrected chi connectivity index (χ0v) is 21.7. The number of aromatic amines is 1. The number of hydrogen-bond acceptors (Lipinski definition) is 4. The molecule has 0 spiro atoms. The van der Waals surface area contributed by atoms with Crippen LogP contribution in [0, 0.1) is 17.6 Å². The minimum atomic E-state index is -0.688. The van der Waals surface area contributed by atoms with E-state index in [0.717, 1.165) is 35.5 Å². The molecule has 6 nitrogen and oxygen atoms in total. The third-order valence-electron chi connectivity index (χ3n) is 7.89. The molecule has 2 aromatic carbocycles. The van der Waals surface area contributed by atoms with Gasteiger partial charge in [-0.05, 0) is 73.2 Å². The van der Waals surface area contributed by atoms with E-state index in [0.29, 0.717) is 49.6 Å². The predicted molar refractivity (Wildman–Crippen MR) is 144 cm³/mol. The van der Waals surface area contributed by atoms with E-state index in [1.54, 1.807) is 4.90 Å². The Morgan fingerprint density at radius 1 is 1.11 bits per heavy atom. The Hall–Kier alpha value is -2.78. The molecule has 1 aromatic heterocycles. The quantitative estimate of drug-likeness (QED) is 0.398. The highest BCUT2D eigenvalue weighted by atomic mass is 35.5. The van der Waals surface area contributed by atoms with Crippen LogP contribution in [0.5, 0.6) is 0 Å². The summed E-state index contributed by atoms with van der Waals surface area (Å²) in [6.07, 6.45) is 5.76. The number of carbonyl (C=O) groups excluding carboxylic acids is 1. The number of nitrogens with zero attached hydrogens (tertiary/aromatic N) is 2. The van der Waals surface area contributed by atoms with Crippen LogP contribution in [0.25, 0.3) is 17.0 Å². The van der Waals surface area contributed by atoms with Crippen LogP contribution >= 0.6 is 11.6 Å². The Bertz CT molecular complexity index is 1300. The minimum Gasteiger partial charge on any atom is -0.392 e. The average Bonchev–Trinajstić information content (AvgIpc) is 3.29. The zero-order valence-electron chi connectivity index (χ0n) is 21.0. The van der Waals surface area contributed by atoms with Gasteiger partial charge < -0.3 is 20.1 Å². The molecule has 5 rings (SSSR count). The van der Waals surface area contributed by atoms with E-state index in [1.165, 1.54) is 24.3 Å². The number of likely N-dealkylation sites (tertiary alicyclic amines) is 2. The average molecular weight is 544 g/mol. The maximum absolute atomic E-state index is 13.4. The molecular formula is C29H32ClF2N3O3. The van der Waals surface area contributed by atoms with E-state index >= 15 is 0 Å². The number of aliphatic hydroxyl groups is 2. The van der Waals surface area contributed by atoms with Crippen molar-refractivity contribution in [1.82, 2.24) is 14.8 Å². The Morgan fingerprint density at radius 3 is 2.55 bits per heavy atom. The highest BCUT2D eigenvalue weighted by Gasteiger charge is 2.33. The van der Waals surface area contributed by atoms with Crippen molar-refractivity contribution in [3.63, 3.8) is 0 Å². The number of amides is 1. The first-order chi connectivity index (χ1) is 18.3. The number of β-amino-alcohol motifs (C(OH)–C–C–N with tert-alkyl or cyclic N) is 2. The molecule has 2 saturated heterocycles. The number of carbonyl (C=O) groups is 1. The molecule has 3 N–H and O–H groups in total. The lowest BCUT2D eigenvalue weighted by Crippen LogP contribution is -2.48. The first-order valence-electron chi connectivity index (χ1n) is 13.0. The zero-order chi connectivity index (χ0) is 26.8. The molecule has 3 heterocycles. The molecule has 3 unspecified atom stereocenters. The van der Waals surface area contributed by atoms with Crippen molar-refractivity contribution in [2.24, 2.45) is 5.92 Å². The summed E-state index contributed by atoms with van der Waals surface area (Å²) in [5, 5.41) is 23.6. The van der Waals surface area contributed by atoms with Gasteiger partial charge >= 0.3 is 0 Å². The van der Waals surface area contributed by atoms with Gasteiger partial charge in [0.2, 0.25) is 5.91 Å². The summed E-state index contributed by atoms with van der Waals surface area (Å²) in [6.45, 7) is 2.78. The Morgan fingerprint density at radius 2 is 1.84 bits per heavy atom. The second-order valence-electron chi connectivity index (χ2n) is 10.4. The Balaban J connectivity index is 1.10. The Labute approximate surface area is 225 Å². The first kappa shape index (κ1) is 26.8. The maximum atomic E-state index is 13.4. The van der Waals surface area contributed by atoms with Crippen LogP contribution in [0.3, 0.4) is 0 Å². The molecule has 9 heteroatoms. The van der Waals surface area contributed by atoms with Crippen molar-refractivity contribution >= 4 is 34.5 Å². The summed E-state index contributed by atoms with van der Waals surface area (Å²) >= 11 is 6.10. The number of rotatable bonds is 6. The smallest absolute Gasteiger partial charge is 0.246 e. The number of fused-ring (bicyclic) bond motifs is 1. The summed E-state index contributed by atoms with van der Waals surface area (Å²) in [5.41, 5.74) is 2.35. The summed E-state index contributed by atoms with van der Waals surface area (Å²) in [7, 11) is 0. The van der Waals surface area contributed by atoms with Crippen LogP contribution in [0.15, 0.2) is 48.7 Å². The van der Waals surface area contributed by atoms with Crippen molar-refractivity contribution < 1.29 is 23.8 Å². The number of nitrogens with one attached hydrogen (secondary N) is 1. The Kier molecular flexibility index (Phi) is 8.14. The van der Waals surface area contributed by atoms with Gasteiger partial charge in [-0.15, -0.1) is 0 Å². The van der Waals surface area contributed by atoms with Crippen LogP contribution in [0.1, 0.15) is 36.3 Å². The predicted octanol–water partition coefficient (Wildman–Crippen LogP) is 4.56. The number of aromatic nitrogens is 1. The first-order valence-corrected chi connectivity index (χ1v) is 13.4.